The second-order valence-corrected chi connectivity index (χ2v) is 8.64. The number of hydrogen-bond donors (Lipinski definition) is 2. The molecule has 1 aliphatic carbocycles. The number of rotatable bonds is 6. The van der Waals surface area contributed by atoms with E-state index in [0.717, 1.165) is 12.8 Å². The van der Waals surface area contributed by atoms with Gasteiger partial charge in [-0.1, -0.05) is 33.1 Å². The Bertz CT molecular complexity index is 464. The maximum Gasteiger partial charge on any atom is 0.409 e. The first-order valence-corrected chi connectivity index (χ1v) is 10.2. The molecule has 2 N–H and O–H groups in total. The van der Waals surface area contributed by atoms with Crippen molar-refractivity contribution in [1.29, 1.82) is 0 Å². The van der Waals surface area contributed by atoms with Crippen LogP contribution in [0.2, 0.25) is 0 Å². The van der Waals surface area contributed by atoms with Gasteiger partial charge in [-0.3, -0.25) is 4.79 Å². The monoisotopic (exact) mass is 368 g/mol. The molecule has 1 atom stereocenters. The van der Waals surface area contributed by atoms with Crippen LogP contribution in [-0.4, -0.2) is 53.8 Å². The van der Waals surface area contributed by atoms with Crippen LogP contribution in [0.4, 0.5) is 4.79 Å². The summed E-state index contributed by atoms with van der Waals surface area (Å²) in [6.45, 7) is 7.69. The summed E-state index contributed by atoms with van der Waals surface area (Å²) in [7, 11) is 0. The Morgan fingerprint density at radius 3 is 2.35 bits per heavy atom. The Hall–Kier alpha value is -1.30. The highest BCUT2D eigenvalue weighted by Crippen LogP contribution is 2.32. The number of nitrogens with one attached hydrogen (secondary N) is 1. The van der Waals surface area contributed by atoms with Gasteiger partial charge in [0.05, 0.1) is 12.2 Å². The van der Waals surface area contributed by atoms with Gasteiger partial charge in [0.15, 0.2) is 0 Å². The number of carbonyl (C=O) groups is 2. The molecule has 1 saturated heterocycles. The fraction of sp³-hybridized carbons (Fsp3) is 0.900. The number of carbonyl (C=O) groups excluding carboxylic acids is 2. The van der Waals surface area contributed by atoms with Crippen molar-refractivity contribution in [1.82, 2.24) is 10.2 Å². The third-order valence-corrected chi connectivity index (χ3v) is 5.77. The zero-order chi connectivity index (χ0) is 19.2. The summed E-state index contributed by atoms with van der Waals surface area (Å²) in [6, 6.07) is 0. The lowest BCUT2D eigenvalue weighted by molar-refractivity contribution is -0.128. The zero-order valence-corrected chi connectivity index (χ0v) is 16.6. The molecule has 0 spiro atoms. The maximum atomic E-state index is 12.5. The van der Waals surface area contributed by atoms with E-state index in [9.17, 15) is 14.7 Å². The second kappa shape index (κ2) is 9.58. The molecule has 2 fully saturated rings. The molecule has 0 radical (unpaired) electrons. The number of amides is 2. The number of ether oxygens (including phenoxy) is 1. The number of piperidine rings is 1. The lowest BCUT2D eigenvalue weighted by Gasteiger charge is -2.36. The van der Waals surface area contributed by atoms with Crippen LogP contribution in [0.5, 0.6) is 0 Å². The molecule has 0 aromatic heterocycles. The Kier molecular flexibility index (Phi) is 7.74. The van der Waals surface area contributed by atoms with Crippen LogP contribution >= 0.6 is 0 Å². The van der Waals surface area contributed by atoms with Crippen LogP contribution in [0.25, 0.3) is 0 Å². The van der Waals surface area contributed by atoms with Gasteiger partial charge in [0.2, 0.25) is 5.91 Å². The van der Waals surface area contributed by atoms with E-state index in [4.69, 9.17) is 4.74 Å². The molecule has 26 heavy (non-hydrogen) atoms. The highest BCUT2D eigenvalue weighted by molar-refractivity contribution is 5.79. The number of aliphatic hydroxyl groups is 1. The van der Waals surface area contributed by atoms with Gasteiger partial charge in [0, 0.05) is 25.6 Å². The van der Waals surface area contributed by atoms with Crippen molar-refractivity contribution in [2.45, 2.75) is 71.3 Å². The minimum atomic E-state index is -0.836. The molecule has 0 aromatic carbocycles. The van der Waals surface area contributed by atoms with Crippen molar-refractivity contribution in [2.75, 3.05) is 26.2 Å². The van der Waals surface area contributed by atoms with Crippen LogP contribution in [0.3, 0.4) is 0 Å². The van der Waals surface area contributed by atoms with Gasteiger partial charge in [0.25, 0.3) is 0 Å². The molecule has 2 amide bonds. The lowest BCUT2D eigenvalue weighted by atomic mass is 9.78. The smallest absolute Gasteiger partial charge is 0.409 e. The molecule has 1 unspecified atom stereocenters. The molecule has 1 aliphatic heterocycles. The van der Waals surface area contributed by atoms with E-state index >= 15 is 0 Å². The Balaban J connectivity index is 1.71. The van der Waals surface area contributed by atoms with Gasteiger partial charge >= 0.3 is 6.09 Å². The van der Waals surface area contributed by atoms with E-state index in [2.05, 4.69) is 5.32 Å². The first-order valence-electron chi connectivity index (χ1n) is 10.2. The predicted molar refractivity (Wildman–Crippen MR) is 101 cm³/mol. The summed E-state index contributed by atoms with van der Waals surface area (Å²) in [5.41, 5.74) is -0.836. The summed E-state index contributed by atoms with van der Waals surface area (Å²) >= 11 is 0. The maximum absolute atomic E-state index is 12.5. The molecule has 1 heterocycles. The van der Waals surface area contributed by atoms with E-state index in [0.29, 0.717) is 45.0 Å². The summed E-state index contributed by atoms with van der Waals surface area (Å²) in [6.07, 6.45) is 6.68. The first kappa shape index (κ1) is 21.0. The van der Waals surface area contributed by atoms with Gasteiger partial charge in [-0.25, -0.2) is 4.79 Å². The number of hydrogen-bond acceptors (Lipinski definition) is 4. The lowest BCUT2D eigenvalue weighted by Crippen LogP contribution is -2.49. The van der Waals surface area contributed by atoms with Crippen molar-refractivity contribution in [2.24, 2.45) is 17.8 Å². The summed E-state index contributed by atoms with van der Waals surface area (Å²) in [5, 5.41) is 13.7. The average Bonchev–Trinajstić information content (AvgIpc) is 2.65. The van der Waals surface area contributed by atoms with Crippen molar-refractivity contribution < 1.29 is 19.4 Å². The normalized spacial score (nSPS) is 22.1. The van der Waals surface area contributed by atoms with Crippen LogP contribution in [0, 0.1) is 17.8 Å². The van der Waals surface area contributed by atoms with Crippen molar-refractivity contribution in [3.63, 3.8) is 0 Å². The summed E-state index contributed by atoms with van der Waals surface area (Å²) in [5.74, 6) is 0.496. The van der Waals surface area contributed by atoms with Gasteiger partial charge in [-0.2, -0.15) is 0 Å². The molecule has 0 bridgehead atoms. The molecular weight excluding hydrogens is 332 g/mol. The molecule has 150 valence electrons. The fourth-order valence-corrected chi connectivity index (χ4v) is 3.93. The van der Waals surface area contributed by atoms with Crippen molar-refractivity contribution in [3.05, 3.63) is 0 Å². The minimum absolute atomic E-state index is 0.00344. The van der Waals surface area contributed by atoms with E-state index in [-0.39, 0.29) is 23.8 Å². The minimum Gasteiger partial charge on any atom is -0.449 e. The highest BCUT2D eigenvalue weighted by atomic mass is 16.6. The Morgan fingerprint density at radius 2 is 1.77 bits per heavy atom. The standard InChI is InChI=1S/C20H36N2O4/c1-15(2)13-26-19(24)22-11-9-16(10-12-22)18(23)21-14-20(3,25)17-7-5-4-6-8-17/h15-17,25H,4-14H2,1-3H3,(H,21,23). The zero-order valence-electron chi connectivity index (χ0n) is 16.6. The fourth-order valence-electron chi connectivity index (χ4n) is 3.93. The van der Waals surface area contributed by atoms with Gasteiger partial charge < -0.3 is 20.1 Å². The molecule has 6 nitrogen and oxygen atoms in total. The largest absolute Gasteiger partial charge is 0.449 e. The summed E-state index contributed by atoms with van der Waals surface area (Å²) in [4.78, 5) is 26.1. The molecule has 6 heteroatoms. The van der Waals surface area contributed by atoms with Crippen LogP contribution in [0.1, 0.15) is 65.7 Å². The van der Waals surface area contributed by atoms with Crippen LogP contribution in [0.15, 0.2) is 0 Å². The van der Waals surface area contributed by atoms with Crippen molar-refractivity contribution in [3.8, 4) is 0 Å². The number of nitrogens with zero attached hydrogens (tertiary/aromatic N) is 1. The van der Waals surface area contributed by atoms with E-state index in [1.54, 1.807) is 4.90 Å². The van der Waals surface area contributed by atoms with Gasteiger partial charge in [-0.05, 0) is 44.4 Å². The van der Waals surface area contributed by atoms with Crippen molar-refractivity contribution >= 4 is 12.0 Å². The summed E-state index contributed by atoms with van der Waals surface area (Å²) < 4.78 is 5.25. The quantitative estimate of drug-likeness (QED) is 0.755. The SMILES string of the molecule is CC(C)COC(=O)N1CCC(C(=O)NCC(C)(O)C2CCCCC2)CC1. The molecule has 2 rings (SSSR count). The van der Waals surface area contributed by atoms with E-state index in [1.807, 2.05) is 20.8 Å². The average molecular weight is 369 g/mol. The molecule has 0 aromatic rings. The Morgan fingerprint density at radius 1 is 1.15 bits per heavy atom. The molecular formula is C20H36N2O4. The number of likely N-dealkylation sites (tertiary alicyclic amines) is 1. The topological polar surface area (TPSA) is 78.9 Å². The van der Waals surface area contributed by atoms with E-state index < -0.39 is 5.60 Å². The van der Waals surface area contributed by atoms with E-state index in [1.165, 1.54) is 19.3 Å². The highest BCUT2D eigenvalue weighted by Gasteiger charge is 2.34. The predicted octanol–water partition coefficient (Wildman–Crippen LogP) is 2.94. The molecule has 2 aliphatic rings. The third-order valence-electron chi connectivity index (χ3n) is 5.77. The van der Waals surface area contributed by atoms with Gasteiger partial charge in [0.1, 0.15) is 0 Å². The van der Waals surface area contributed by atoms with Gasteiger partial charge in [-0.15, -0.1) is 0 Å². The second-order valence-electron chi connectivity index (χ2n) is 8.64. The molecule has 1 saturated carbocycles. The third kappa shape index (κ3) is 6.15. The van der Waals surface area contributed by atoms with Crippen LogP contribution in [-0.2, 0) is 9.53 Å². The Labute approximate surface area is 157 Å². The van der Waals surface area contributed by atoms with Crippen LogP contribution < -0.4 is 5.32 Å². The first-order chi connectivity index (χ1) is 12.3.